The largest absolute Gasteiger partial charge is 0.405 e. The van der Waals surface area contributed by atoms with E-state index in [1.807, 2.05) is 10.2 Å². The van der Waals surface area contributed by atoms with Crippen molar-refractivity contribution in [2.75, 3.05) is 29.9 Å². The molecule has 31 heavy (non-hydrogen) atoms. The molecule has 0 aromatic carbocycles. The van der Waals surface area contributed by atoms with E-state index in [1.165, 1.54) is 13.3 Å². The molecule has 4 rings (SSSR count). The van der Waals surface area contributed by atoms with Crippen LogP contribution in [-0.4, -0.2) is 67.7 Å². The molecule has 0 unspecified atom stereocenters. The van der Waals surface area contributed by atoms with Gasteiger partial charge in [-0.2, -0.15) is 28.1 Å². The molecule has 3 aromatic heterocycles. The Labute approximate surface area is 174 Å². The van der Waals surface area contributed by atoms with Gasteiger partial charge in [0.1, 0.15) is 24.6 Å². The zero-order chi connectivity index (χ0) is 22.0. The zero-order valence-electron chi connectivity index (χ0n) is 16.6. The van der Waals surface area contributed by atoms with Crippen molar-refractivity contribution < 1.29 is 18.0 Å². The van der Waals surface area contributed by atoms with Gasteiger partial charge in [-0.25, -0.2) is 9.97 Å². The van der Waals surface area contributed by atoms with Gasteiger partial charge in [0.2, 0.25) is 17.8 Å². The molecule has 13 heteroatoms. The maximum absolute atomic E-state index is 12.4. The van der Waals surface area contributed by atoms with E-state index in [2.05, 4.69) is 35.2 Å². The lowest BCUT2D eigenvalue weighted by molar-refractivity contribution is -0.138. The van der Waals surface area contributed by atoms with E-state index < -0.39 is 24.7 Å². The second-order valence-corrected chi connectivity index (χ2v) is 7.16. The predicted molar refractivity (Wildman–Crippen MR) is 106 cm³/mol. The topological polar surface area (TPSA) is 125 Å². The highest BCUT2D eigenvalue weighted by molar-refractivity contribution is 5.91. The smallest absolute Gasteiger partial charge is 0.345 e. The normalized spacial score (nSPS) is 15.3. The summed E-state index contributed by atoms with van der Waals surface area (Å²) >= 11 is 0. The Morgan fingerprint density at radius 1 is 1.26 bits per heavy atom. The van der Waals surface area contributed by atoms with Gasteiger partial charge in [-0.15, -0.1) is 0 Å². The van der Waals surface area contributed by atoms with Gasteiger partial charge in [-0.3, -0.25) is 4.79 Å². The number of amides is 1. The van der Waals surface area contributed by atoms with Gasteiger partial charge >= 0.3 is 6.18 Å². The van der Waals surface area contributed by atoms with Crippen LogP contribution in [0.5, 0.6) is 0 Å². The third-order valence-corrected chi connectivity index (χ3v) is 4.81. The van der Waals surface area contributed by atoms with E-state index in [1.54, 1.807) is 12.4 Å². The average molecular weight is 435 g/mol. The molecular formula is C18H20F3N9O. The Hall–Kier alpha value is -3.51. The van der Waals surface area contributed by atoms with E-state index in [4.69, 9.17) is 0 Å². The SMILES string of the molecule is C[C@H](Nc1nc(-c2c[nH]c3ncncc23)nc(N2CCCC2)n1)C(=O)NCC(F)(F)F. The number of aromatic amines is 1. The zero-order valence-corrected chi connectivity index (χ0v) is 16.6. The maximum atomic E-state index is 12.4. The summed E-state index contributed by atoms with van der Waals surface area (Å²) in [6.07, 6.45) is 2.26. The second kappa shape index (κ2) is 8.32. The lowest BCUT2D eigenvalue weighted by atomic mass is 10.2. The summed E-state index contributed by atoms with van der Waals surface area (Å²) in [6.45, 7) is 1.59. The van der Waals surface area contributed by atoms with Crippen molar-refractivity contribution in [2.45, 2.75) is 32.0 Å². The first kappa shape index (κ1) is 20.8. The Kier molecular flexibility index (Phi) is 5.57. The number of anilines is 2. The molecule has 4 heterocycles. The van der Waals surface area contributed by atoms with E-state index in [9.17, 15) is 18.0 Å². The highest BCUT2D eigenvalue weighted by Crippen LogP contribution is 2.27. The highest BCUT2D eigenvalue weighted by atomic mass is 19.4. The van der Waals surface area contributed by atoms with Gasteiger partial charge in [0, 0.05) is 36.4 Å². The van der Waals surface area contributed by atoms with Crippen LogP contribution in [0.1, 0.15) is 19.8 Å². The van der Waals surface area contributed by atoms with Gasteiger partial charge in [0.05, 0.1) is 0 Å². The molecule has 1 fully saturated rings. The highest BCUT2D eigenvalue weighted by Gasteiger charge is 2.29. The molecule has 3 aromatic rings. The van der Waals surface area contributed by atoms with Crippen LogP contribution < -0.4 is 15.5 Å². The van der Waals surface area contributed by atoms with Crippen molar-refractivity contribution in [3.8, 4) is 11.4 Å². The summed E-state index contributed by atoms with van der Waals surface area (Å²) in [7, 11) is 0. The van der Waals surface area contributed by atoms with E-state index in [-0.39, 0.29) is 5.95 Å². The minimum atomic E-state index is -4.49. The maximum Gasteiger partial charge on any atom is 0.405 e. The number of hydrogen-bond acceptors (Lipinski definition) is 8. The monoisotopic (exact) mass is 435 g/mol. The van der Waals surface area contributed by atoms with Crippen LogP contribution in [0.2, 0.25) is 0 Å². The number of carbonyl (C=O) groups is 1. The molecule has 0 saturated carbocycles. The summed E-state index contributed by atoms with van der Waals surface area (Å²) in [5, 5.41) is 5.34. The Bertz CT molecular complexity index is 1080. The van der Waals surface area contributed by atoms with E-state index in [0.29, 0.717) is 28.4 Å². The summed E-state index contributed by atoms with van der Waals surface area (Å²) in [5.74, 6) is 0.0395. The van der Waals surface area contributed by atoms with Crippen LogP contribution in [0, 0.1) is 0 Å². The van der Waals surface area contributed by atoms with Gasteiger partial charge < -0.3 is 20.5 Å². The van der Waals surface area contributed by atoms with Crippen molar-refractivity contribution >= 4 is 28.8 Å². The molecule has 1 aliphatic rings. The molecule has 1 amide bonds. The predicted octanol–water partition coefficient (Wildman–Crippen LogP) is 1.89. The first-order valence-corrected chi connectivity index (χ1v) is 9.69. The average Bonchev–Trinajstić information content (AvgIpc) is 3.41. The Morgan fingerprint density at radius 3 is 2.77 bits per heavy atom. The van der Waals surface area contributed by atoms with Gasteiger partial charge in [-0.05, 0) is 19.8 Å². The van der Waals surface area contributed by atoms with Crippen molar-refractivity contribution in [1.82, 2.24) is 35.2 Å². The summed E-state index contributed by atoms with van der Waals surface area (Å²) < 4.78 is 37.1. The number of hydrogen-bond donors (Lipinski definition) is 3. The van der Waals surface area contributed by atoms with E-state index >= 15 is 0 Å². The third-order valence-electron chi connectivity index (χ3n) is 4.81. The number of rotatable bonds is 6. The van der Waals surface area contributed by atoms with Crippen LogP contribution in [0.4, 0.5) is 25.1 Å². The van der Waals surface area contributed by atoms with Crippen LogP contribution in [0.15, 0.2) is 18.7 Å². The minimum Gasteiger partial charge on any atom is -0.345 e. The van der Waals surface area contributed by atoms with Crippen molar-refractivity contribution in [3.05, 3.63) is 18.7 Å². The van der Waals surface area contributed by atoms with Crippen molar-refractivity contribution in [3.63, 3.8) is 0 Å². The molecule has 0 radical (unpaired) electrons. The number of aromatic nitrogens is 6. The molecule has 1 atom stereocenters. The molecule has 0 bridgehead atoms. The Balaban J connectivity index is 1.63. The fraction of sp³-hybridized carbons (Fsp3) is 0.444. The molecule has 0 aliphatic carbocycles. The third kappa shape index (κ3) is 4.81. The fourth-order valence-corrected chi connectivity index (χ4v) is 3.25. The first-order valence-electron chi connectivity index (χ1n) is 9.69. The van der Waals surface area contributed by atoms with Gasteiger partial charge in [-0.1, -0.05) is 0 Å². The first-order chi connectivity index (χ1) is 14.8. The number of halogens is 3. The number of carbonyl (C=O) groups excluding carboxylic acids is 1. The summed E-state index contributed by atoms with van der Waals surface area (Å²) in [5.41, 5.74) is 1.26. The number of fused-ring (bicyclic) bond motifs is 1. The van der Waals surface area contributed by atoms with Crippen LogP contribution in [0.3, 0.4) is 0 Å². The molecule has 1 saturated heterocycles. The molecule has 1 aliphatic heterocycles. The second-order valence-electron chi connectivity index (χ2n) is 7.16. The van der Waals surface area contributed by atoms with Gasteiger partial charge in [0.25, 0.3) is 0 Å². The summed E-state index contributed by atoms with van der Waals surface area (Å²) in [4.78, 5) is 38.6. The summed E-state index contributed by atoms with van der Waals surface area (Å²) in [6, 6.07) is -0.990. The van der Waals surface area contributed by atoms with Crippen LogP contribution >= 0.6 is 0 Å². The number of alkyl halides is 3. The number of nitrogens with one attached hydrogen (secondary N) is 3. The van der Waals surface area contributed by atoms with Crippen molar-refractivity contribution in [2.24, 2.45) is 0 Å². The number of H-pyrrole nitrogens is 1. The molecule has 3 N–H and O–H groups in total. The van der Waals surface area contributed by atoms with Crippen molar-refractivity contribution in [1.29, 1.82) is 0 Å². The lowest BCUT2D eigenvalue weighted by Gasteiger charge is -2.19. The lowest BCUT2D eigenvalue weighted by Crippen LogP contribution is -2.42. The molecule has 10 nitrogen and oxygen atoms in total. The molecular weight excluding hydrogens is 415 g/mol. The Morgan fingerprint density at radius 2 is 2.03 bits per heavy atom. The standard InChI is InChI=1S/C18H20F3N9O/c1-10(15(31)24-8-18(19,20)21)26-16-27-14(28-17(29-16)30-4-2-3-5-30)12-7-23-13-11(12)6-22-9-25-13/h6-7,9-10H,2-5,8H2,1H3,(H,24,31)(H,22,23,25)(H,26,27,28,29)/t10-/m0/s1. The number of nitrogens with zero attached hydrogens (tertiary/aromatic N) is 6. The van der Waals surface area contributed by atoms with Crippen LogP contribution in [-0.2, 0) is 4.79 Å². The minimum absolute atomic E-state index is 0.0905. The quantitative estimate of drug-likeness (QED) is 0.536. The van der Waals surface area contributed by atoms with Crippen LogP contribution in [0.25, 0.3) is 22.4 Å². The molecule has 164 valence electrons. The van der Waals surface area contributed by atoms with Gasteiger partial charge in [0.15, 0.2) is 5.82 Å². The fourth-order valence-electron chi connectivity index (χ4n) is 3.25. The molecule has 0 spiro atoms. The van der Waals surface area contributed by atoms with E-state index in [0.717, 1.165) is 25.9 Å².